The van der Waals surface area contributed by atoms with Crippen molar-refractivity contribution in [3.63, 3.8) is 0 Å². The Kier molecular flexibility index (Phi) is 8.23. The van der Waals surface area contributed by atoms with Crippen molar-refractivity contribution in [3.8, 4) is 0 Å². The maximum Gasteiger partial charge on any atom is 0.271 e. The second kappa shape index (κ2) is 8.82. The fourth-order valence-electron chi connectivity index (χ4n) is 1.51. The minimum absolute atomic E-state index is 0. The van der Waals surface area contributed by atoms with Crippen LogP contribution in [0.15, 0.2) is 18.2 Å². The molecule has 18 heavy (non-hydrogen) atoms. The zero-order valence-corrected chi connectivity index (χ0v) is 10.8. The minimum Gasteiger partial charge on any atom is -0.383 e. The fourth-order valence-corrected chi connectivity index (χ4v) is 1.51. The number of nitrogens with zero attached hydrogens (tertiary/aromatic N) is 1. The Morgan fingerprint density at radius 1 is 1.33 bits per heavy atom. The van der Waals surface area contributed by atoms with Crippen molar-refractivity contribution in [1.82, 2.24) is 5.32 Å². The summed E-state index contributed by atoms with van der Waals surface area (Å²) in [6.45, 7) is 2.44. The summed E-state index contributed by atoms with van der Waals surface area (Å²) in [7, 11) is 0. The zero-order chi connectivity index (χ0) is 12.7. The number of fused-ring (bicyclic) bond motifs is 1. The molecule has 0 saturated heterocycles. The third-order valence-corrected chi connectivity index (χ3v) is 2.24. The highest BCUT2D eigenvalue weighted by atomic mass is 32.2. The van der Waals surface area contributed by atoms with E-state index in [2.05, 4.69) is 10.6 Å². The molecular weight excluding hydrogens is 249 g/mol. The van der Waals surface area contributed by atoms with Gasteiger partial charge in [0.1, 0.15) is 0 Å². The SMILES string of the molecule is B.CSC.O=[N+]([O-])c1ccc2c(c1)NCCNC2. The van der Waals surface area contributed by atoms with Crippen LogP contribution in [-0.4, -0.2) is 38.9 Å². The van der Waals surface area contributed by atoms with E-state index in [9.17, 15) is 10.1 Å². The van der Waals surface area contributed by atoms with Gasteiger partial charge in [0.2, 0.25) is 0 Å². The van der Waals surface area contributed by atoms with Gasteiger partial charge in [-0.1, -0.05) is 0 Å². The Morgan fingerprint density at radius 2 is 2.00 bits per heavy atom. The van der Waals surface area contributed by atoms with Crippen molar-refractivity contribution in [2.24, 2.45) is 0 Å². The van der Waals surface area contributed by atoms with Crippen LogP contribution in [0.5, 0.6) is 0 Å². The van der Waals surface area contributed by atoms with Gasteiger partial charge in [0, 0.05) is 37.5 Å². The standard InChI is InChI=1S/C9H11N3O2.C2H6S.BH3/c13-12(14)8-2-1-7-6-10-3-4-11-9(7)5-8;1-3-2;/h1-2,5,10-11H,3-4,6H2;1-2H3;1H3. The molecule has 1 aromatic rings. The average molecular weight is 269 g/mol. The molecule has 100 valence electrons. The summed E-state index contributed by atoms with van der Waals surface area (Å²) in [5, 5.41) is 16.9. The highest BCUT2D eigenvalue weighted by molar-refractivity contribution is 7.97. The predicted octanol–water partition coefficient (Wildman–Crippen LogP) is 0.905. The molecule has 5 nitrogen and oxygen atoms in total. The van der Waals surface area contributed by atoms with Crippen molar-refractivity contribution in [2.45, 2.75) is 6.54 Å². The molecule has 0 atom stereocenters. The number of non-ortho nitro benzene ring substituents is 1. The summed E-state index contributed by atoms with van der Waals surface area (Å²) >= 11 is 1.75. The molecule has 0 unspecified atom stereocenters. The largest absolute Gasteiger partial charge is 0.383 e. The van der Waals surface area contributed by atoms with E-state index in [1.54, 1.807) is 23.9 Å². The highest BCUT2D eigenvalue weighted by Crippen LogP contribution is 2.23. The molecular formula is C11H20BN3O2S. The zero-order valence-electron chi connectivity index (χ0n) is 10.0. The predicted molar refractivity (Wildman–Crippen MR) is 82.7 cm³/mol. The lowest BCUT2D eigenvalue weighted by atomic mass is 10.1. The summed E-state index contributed by atoms with van der Waals surface area (Å²) in [6, 6.07) is 4.91. The Labute approximate surface area is 113 Å². The average Bonchev–Trinajstić information content (AvgIpc) is 2.53. The molecule has 1 aliphatic heterocycles. The molecule has 7 heteroatoms. The molecule has 0 fully saturated rings. The first-order valence-corrected chi connectivity index (χ1v) is 6.94. The van der Waals surface area contributed by atoms with Crippen LogP contribution in [0.2, 0.25) is 0 Å². The van der Waals surface area contributed by atoms with Crippen LogP contribution in [0, 0.1) is 10.1 Å². The molecule has 1 aliphatic rings. The number of thioether (sulfide) groups is 1. The molecule has 0 amide bonds. The Balaban J connectivity index is 0.000000660. The fraction of sp³-hybridized carbons (Fsp3) is 0.455. The van der Waals surface area contributed by atoms with Gasteiger partial charge in [-0.05, 0) is 24.1 Å². The van der Waals surface area contributed by atoms with E-state index >= 15 is 0 Å². The van der Waals surface area contributed by atoms with Gasteiger partial charge in [0.05, 0.1) is 13.3 Å². The molecule has 1 heterocycles. The van der Waals surface area contributed by atoms with Crippen LogP contribution in [0.25, 0.3) is 0 Å². The summed E-state index contributed by atoms with van der Waals surface area (Å²) in [6.07, 6.45) is 4.08. The van der Waals surface area contributed by atoms with Gasteiger partial charge < -0.3 is 10.6 Å². The van der Waals surface area contributed by atoms with Gasteiger partial charge in [0.15, 0.2) is 0 Å². The maximum absolute atomic E-state index is 10.5. The van der Waals surface area contributed by atoms with Crippen molar-refractivity contribution in [1.29, 1.82) is 0 Å². The number of nitro groups is 1. The Bertz CT molecular complexity index is 391. The number of nitrogens with one attached hydrogen (secondary N) is 2. The van der Waals surface area contributed by atoms with Crippen molar-refractivity contribution in [3.05, 3.63) is 33.9 Å². The first-order chi connectivity index (χ1) is 8.19. The second-order valence-corrected chi connectivity index (χ2v) is 4.43. The molecule has 2 rings (SSSR count). The molecule has 0 spiro atoms. The van der Waals surface area contributed by atoms with Crippen LogP contribution in [-0.2, 0) is 6.54 Å². The summed E-state index contributed by atoms with van der Waals surface area (Å²) < 4.78 is 0. The monoisotopic (exact) mass is 269 g/mol. The van der Waals surface area contributed by atoms with Gasteiger partial charge in [-0.25, -0.2) is 0 Å². The quantitative estimate of drug-likeness (QED) is 0.450. The van der Waals surface area contributed by atoms with Crippen molar-refractivity contribution in [2.75, 3.05) is 30.9 Å². The molecule has 0 aromatic heterocycles. The minimum atomic E-state index is -0.375. The molecule has 1 aromatic carbocycles. The van der Waals surface area contributed by atoms with Gasteiger partial charge in [0.25, 0.3) is 5.69 Å². The van der Waals surface area contributed by atoms with E-state index in [0.717, 1.165) is 30.9 Å². The third-order valence-electron chi connectivity index (χ3n) is 2.24. The maximum atomic E-state index is 10.5. The van der Waals surface area contributed by atoms with Gasteiger partial charge >= 0.3 is 0 Å². The van der Waals surface area contributed by atoms with Crippen LogP contribution in [0.3, 0.4) is 0 Å². The number of rotatable bonds is 1. The first kappa shape index (κ1) is 16.8. The second-order valence-electron chi connectivity index (χ2n) is 3.61. The normalized spacial score (nSPS) is 12.8. The molecule has 0 radical (unpaired) electrons. The lowest BCUT2D eigenvalue weighted by Gasteiger charge is -2.05. The van der Waals surface area contributed by atoms with E-state index in [4.69, 9.17) is 0 Å². The number of nitro benzene ring substituents is 1. The van der Waals surface area contributed by atoms with Crippen LogP contribution in [0.4, 0.5) is 11.4 Å². The highest BCUT2D eigenvalue weighted by Gasteiger charge is 2.11. The third kappa shape index (κ3) is 4.97. The van der Waals surface area contributed by atoms with Crippen molar-refractivity contribution >= 4 is 31.5 Å². The van der Waals surface area contributed by atoms with Gasteiger partial charge in [-0.15, -0.1) is 0 Å². The number of anilines is 1. The van der Waals surface area contributed by atoms with Crippen LogP contribution < -0.4 is 10.6 Å². The first-order valence-electron chi connectivity index (χ1n) is 5.31. The van der Waals surface area contributed by atoms with E-state index in [1.165, 1.54) is 6.07 Å². The molecule has 0 saturated carbocycles. The number of benzene rings is 1. The van der Waals surface area contributed by atoms with E-state index < -0.39 is 0 Å². The smallest absolute Gasteiger partial charge is 0.271 e. The van der Waals surface area contributed by atoms with Gasteiger partial charge in [-0.3, -0.25) is 10.1 Å². The Hall–Kier alpha value is -1.21. The number of hydrogen-bond acceptors (Lipinski definition) is 5. The lowest BCUT2D eigenvalue weighted by Crippen LogP contribution is -2.16. The summed E-state index contributed by atoms with van der Waals surface area (Å²) in [5.74, 6) is 0. The lowest BCUT2D eigenvalue weighted by molar-refractivity contribution is -0.384. The molecule has 0 aliphatic carbocycles. The van der Waals surface area contributed by atoms with Crippen molar-refractivity contribution < 1.29 is 4.92 Å². The molecule has 0 bridgehead atoms. The summed E-state index contributed by atoms with van der Waals surface area (Å²) in [5.41, 5.74) is 2.08. The summed E-state index contributed by atoms with van der Waals surface area (Å²) in [4.78, 5) is 10.2. The van der Waals surface area contributed by atoms with E-state index in [0.29, 0.717) is 0 Å². The van der Waals surface area contributed by atoms with Crippen LogP contribution >= 0.6 is 11.8 Å². The topological polar surface area (TPSA) is 67.2 Å². The van der Waals surface area contributed by atoms with Gasteiger partial charge in [-0.2, -0.15) is 11.8 Å². The van der Waals surface area contributed by atoms with Crippen LogP contribution in [0.1, 0.15) is 5.56 Å². The molecule has 2 N–H and O–H groups in total. The number of hydrogen-bond donors (Lipinski definition) is 2. The van der Waals surface area contributed by atoms with E-state index in [1.807, 2.05) is 12.5 Å². The Morgan fingerprint density at radius 3 is 2.61 bits per heavy atom. The van der Waals surface area contributed by atoms with E-state index in [-0.39, 0.29) is 19.0 Å².